The van der Waals surface area contributed by atoms with Crippen LogP contribution in [-0.2, 0) is 20.7 Å². The van der Waals surface area contributed by atoms with Crippen molar-refractivity contribution in [3.05, 3.63) is 34.3 Å². The van der Waals surface area contributed by atoms with Crippen molar-refractivity contribution in [1.29, 1.82) is 0 Å². The van der Waals surface area contributed by atoms with Crippen LogP contribution in [0.15, 0.2) is 18.2 Å². The lowest BCUT2D eigenvalue weighted by molar-refractivity contribution is -0.143. The highest BCUT2D eigenvalue weighted by Gasteiger charge is 2.20. The van der Waals surface area contributed by atoms with E-state index in [0.717, 1.165) is 30.6 Å². The van der Waals surface area contributed by atoms with Gasteiger partial charge in [0.2, 0.25) is 0 Å². The molecule has 152 valence electrons. The zero-order valence-electron chi connectivity index (χ0n) is 16.5. The summed E-state index contributed by atoms with van der Waals surface area (Å²) in [5, 5.41) is 10.9. The molecule has 2 atom stereocenters. The molecule has 1 aromatic carbocycles. The summed E-state index contributed by atoms with van der Waals surface area (Å²) in [6.07, 6.45) is 3.45. The van der Waals surface area contributed by atoms with E-state index in [1.54, 1.807) is 6.92 Å². The fourth-order valence-corrected chi connectivity index (χ4v) is 3.74. The van der Waals surface area contributed by atoms with Crippen LogP contribution in [-0.4, -0.2) is 54.9 Å². The van der Waals surface area contributed by atoms with Gasteiger partial charge in [0, 0.05) is 18.0 Å². The molecule has 1 heterocycles. The Labute approximate surface area is 167 Å². The van der Waals surface area contributed by atoms with Crippen LogP contribution in [0.2, 0.25) is 5.02 Å². The van der Waals surface area contributed by atoms with E-state index in [2.05, 4.69) is 11.8 Å². The Hall–Kier alpha value is -1.14. The molecular formula is C21H32ClNO4. The molecule has 0 aliphatic carbocycles. The van der Waals surface area contributed by atoms with Crippen LogP contribution in [0.3, 0.4) is 0 Å². The van der Waals surface area contributed by atoms with Crippen LogP contribution in [0.5, 0.6) is 0 Å². The second kappa shape index (κ2) is 11.6. The molecule has 1 N–H and O–H groups in total. The molecular weight excluding hydrogens is 366 g/mol. The second-order valence-corrected chi connectivity index (χ2v) is 7.48. The number of aliphatic hydroxyl groups is 1. The monoisotopic (exact) mass is 397 g/mol. The standard InChI is InChI=1S/C21H32ClNO4/c1-3-20(27-15-18(24)14-23-11-5-6-12-23)19-9-8-17(22)13-16(19)7-10-21(25)26-4-2/h8-9,13,18,20,24H,3-7,10-12,14-15H2,1-2H3. The van der Waals surface area contributed by atoms with E-state index in [4.69, 9.17) is 21.1 Å². The number of aliphatic hydroxyl groups excluding tert-OH is 1. The number of benzene rings is 1. The number of nitrogens with zero attached hydrogens (tertiary/aromatic N) is 1. The normalized spacial score (nSPS) is 17.0. The first-order valence-corrected chi connectivity index (χ1v) is 10.4. The number of rotatable bonds is 11. The van der Waals surface area contributed by atoms with Crippen LogP contribution >= 0.6 is 11.6 Å². The lowest BCUT2D eigenvalue weighted by Crippen LogP contribution is -2.33. The quantitative estimate of drug-likeness (QED) is 0.576. The summed E-state index contributed by atoms with van der Waals surface area (Å²) in [5.41, 5.74) is 2.02. The minimum Gasteiger partial charge on any atom is -0.466 e. The van der Waals surface area contributed by atoms with Crippen molar-refractivity contribution in [2.45, 2.75) is 58.2 Å². The highest BCUT2D eigenvalue weighted by atomic mass is 35.5. The molecule has 0 aromatic heterocycles. The lowest BCUT2D eigenvalue weighted by atomic mass is 9.97. The summed E-state index contributed by atoms with van der Waals surface area (Å²) in [6.45, 7) is 7.32. The summed E-state index contributed by atoms with van der Waals surface area (Å²) in [7, 11) is 0. The van der Waals surface area contributed by atoms with Crippen molar-refractivity contribution >= 4 is 17.6 Å². The zero-order valence-corrected chi connectivity index (χ0v) is 17.2. The minimum absolute atomic E-state index is 0.132. The lowest BCUT2D eigenvalue weighted by Gasteiger charge is -2.24. The van der Waals surface area contributed by atoms with Gasteiger partial charge in [-0.05, 0) is 69.0 Å². The van der Waals surface area contributed by atoms with Gasteiger partial charge in [-0.3, -0.25) is 4.79 Å². The number of carbonyl (C=O) groups is 1. The number of esters is 1. The summed E-state index contributed by atoms with van der Waals surface area (Å²) in [4.78, 5) is 14.0. The van der Waals surface area contributed by atoms with E-state index in [-0.39, 0.29) is 12.1 Å². The minimum atomic E-state index is -0.493. The number of carbonyl (C=O) groups excluding carboxylic acids is 1. The molecule has 0 spiro atoms. The van der Waals surface area contributed by atoms with Crippen molar-refractivity contribution < 1.29 is 19.4 Å². The van der Waals surface area contributed by atoms with Gasteiger partial charge in [0.1, 0.15) is 0 Å². The third-order valence-electron chi connectivity index (χ3n) is 4.88. The maximum Gasteiger partial charge on any atom is 0.306 e. The van der Waals surface area contributed by atoms with Gasteiger partial charge in [0.05, 0.1) is 25.4 Å². The highest BCUT2D eigenvalue weighted by Crippen LogP contribution is 2.28. The van der Waals surface area contributed by atoms with E-state index in [0.29, 0.717) is 37.6 Å². The second-order valence-electron chi connectivity index (χ2n) is 7.04. The maximum absolute atomic E-state index is 11.7. The SMILES string of the molecule is CCOC(=O)CCc1cc(Cl)ccc1C(CC)OCC(O)CN1CCCC1. The summed E-state index contributed by atoms with van der Waals surface area (Å²) < 4.78 is 11.1. The van der Waals surface area contributed by atoms with Crippen LogP contribution in [0.25, 0.3) is 0 Å². The van der Waals surface area contributed by atoms with Gasteiger partial charge in [-0.25, -0.2) is 0 Å². The molecule has 2 unspecified atom stereocenters. The topological polar surface area (TPSA) is 59.0 Å². The van der Waals surface area contributed by atoms with E-state index in [1.807, 2.05) is 18.2 Å². The molecule has 1 aromatic rings. The van der Waals surface area contributed by atoms with Crippen LogP contribution in [0, 0.1) is 0 Å². The molecule has 0 saturated carbocycles. The molecule has 1 aliphatic rings. The predicted octanol–water partition coefficient (Wildman–Crippen LogP) is 3.76. The van der Waals surface area contributed by atoms with Crippen LogP contribution < -0.4 is 0 Å². The molecule has 0 bridgehead atoms. The summed E-state index contributed by atoms with van der Waals surface area (Å²) in [5.74, 6) is -0.210. The molecule has 27 heavy (non-hydrogen) atoms. The molecule has 0 radical (unpaired) electrons. The van der Waals surface area contributed by atoms with Crippen molar-refractivity contribution in [3.8, 4) is 0 Å². The highest BCUT2D eigenvalue weighted by molar-refractivity contribution is 6.30. The van der Waals surface area contributed by atoms with Crippen LogP contribution in [0.4, 0.5) is 0 Å². The first kappa shape index (κ1) is 22.2. The van der Waals surface area contributed by atoms with Gasteiger partial charge in [0.25, 0.3) is 0 Å². The fraction of sp³-hybridized carbons (Fsp3) is 0.667. The number of hydrogen-bond acceptors (Lipinski definition) is 5. The Kier molecular flexibility index (Phi) is 9.56. The van der Waals surface area contributed by atoms with Gasteiger partial charge < -0.3 is 19.5 Å². The van der Waals surface area contributed by atoms with E-state index in [1.165, 1.54) is 12.8 Å². The first-order chi connectivity index (χ1) is 13.0. The molecule has 1 fully saturated rings. The Balaban J connectivity index is 1.96. The largest absolute Gasteiger partial charge is 0.466 e. The van der Waals surface area contributed by atoms with E-state index >= 15 is 0 Å². The van der Waals surface area contributed by atoms with Crippen molar-refractivity contribution in [1.82, 2.24) is 4.90 Å². The Morgan fingerprint density at radius 2 is 2.04 bits per heavy atom. The predicted molar refractivity (Wildman–Crippen MR) is 107 cm³/mol. The number of aryl methyl sites for hydroxylation is 1. The number of β-amino-alcohol motifs (C(OH)–C–C–N with tert-alkyl or cyclic N) is 1. The average molecular weight is 398 g/mol. The molecule has 6 heteroatoms. The third kappa shape index (κ3) is 7.41. The van der Waals surface area contributed by atoms with Crippen molar-refractivity contribution in [2.24, 2.45) is 0 Å². The van der Waals surface area contributed by atoms with Gasteiger partial charge in [-0.1, -0.05) is 24.6 Å². The molecule has 5 nitrogen and oxygen atoms in total. The van der Waals surface area contributed by atoms with Gasteiger partial charge in [-0.15, -0.1) is 0 Å². The zero-order chi connectivity index (χ0) is 19.6. The Morgan fingerprint density at radius 1 is 1.30 bits per heavy atom. The van der Waals surface area contributed by atoms with Crippen molar-refractivity contribution in [2.75, 3.05) is 32.8 Å². The summed E-state index contributed by atoms with van der Waals surface area (Å²) in [6, 6.07) is 5.70. The van der Waals surface area contributed by atoms with Crippen molar-refractivity contribution in [3.63, 3.8) is 0 Å². The van der Waals surface area contributed by atoms with Gasteiger partial charge >= 0.3 is 5.97 Å². The maximum atomic E-state index is 11.7. The molecule has 0 amide bonds. The molecule has 2 rings (SSSR count). The number of hydrogen-bond donors (Lipinski definition) is 1. The third-order valence-corrected chi connectivity index (χ3v) is 5.12. The fourth-order valence-electron chi connectivity index (χ4n) is 3.55. The Bertz CT molecular complexity index is 590. The number of halogens is 1. The smallest absolute Gasteiger partial charge is 0.306 e. The average Bonchev–Trinajstić information content (AvgIpc) is 3.14. The van der Waals surface area contributed by atoms with Gasteiger partial charge in [0.15, 0.2) is 0 Å². The number of likely N-dealkylation sites (tertiary alicyclic amines) is 1. The van der Waals surface area contributed by atoms with Gasteiger partial charge in [-0.2, -0.15) is 0 Å². The van der Waals surface area contributed by atoms with Crippen LogP contribution in [0.1, 0.15) is 56.8 Å². The summed E-state index contributed by atoms with van der Waals surface area (Å²) >= 11 is 6.16. The number of ether oxygens (including phenoxy) is 2. The molecule has 1 aliphatic heterocycles. The Morgan fingerprint density at radius 3 is 2.70 bits per heavy atom. The van der Waals surface area contributed by atoms with E-state index in [9.17, 15) is 9.90 Å². The van der Waals surface area contributed by atoms with E-state index < -0.39 is 6.10 Å². The molecule has 1 saturated heterocycles. The first-order valence-electron chi connectivity index (χ1n) is 9.99.